The van der Waals surface area contributed by atoms with Gasteiger partial charge in [-0.25, -0.2) is 14.1 Å². The Bertz CT molecular complexity index is 1710. The van der Waals surface area contributed by atoms with Crippen LogP contribution in [0.4, 0.5) is 5.82 Å². The Morgan fingerprint density at radius 1 is 1.06 bits per heavy atom. The van der Waals surface area contributed by atoms with Gasteiger partial charge in [0.15, 0.2) is 18.0 Å². The molecular formula is C31H39N6O10P. The summed E-state index contributed by atoms with van der Waals surface area (Å²) >= 11 is 0. The molecule has 17 heteroatoms. The average Bonchev–Trinajstić information content (AvgIpc) is 3.61. The van der Waals surface area contributed by atoms with Crippen LogP contribution >= 0.6 is 7.75 Å². The molecule has 1 saturated heterocycles. The third kappa shape index (κ3) is 7.94. The number of nitrogens with zero attached hydrogens (tertiary/aromatic N) is 4. The highest BCUT2D eigenvalue weighted by Crippen LogP contribution is 2.50. The molecule has 6 atom stereocenters. The Morgan fingerprint density at radius 2 is 1.73 bits per heavy atom. The van der Waals surface area contributed by atoms with Gasteiger partial charge in [0.25, 0.3) is 0 Å². The van der Waals surface area contributed by atoms with Gasteiger partial charge in [-0.1, -0.05) is 45.9 Å². The third-order valence-corrected chi connectivity index (χ3v) is 8.86. The van der Waals surface area contributed by atoms with Crippen LogP contribution < -0.4 is 15.3 Å². The second kappa shape index (κ2) is 15.1. The molecule has 0 bridgehead atoms. The lowest BCUT2D eigenvalue weighted by atomic mass is 9.95. The number of hydrogen-bond donors (Lipinski definition) is 2. The number of esters is 3. The van der Waals surface area contributed by atoms with Crippen LogP contribution in [0.5, 0.6) is 5.75 Å². The molecule has 4 rings (SSSR count). The SMILES string of the molecule is CCOC(=O)C(C)N[P@@](=O)(OC[C@@]1(C#N)O[C@@H](c2ccc3c(N)ncnn23)[C@H](OC(=O)C(C)C)[C@@H]1OC(=O)C(C)C)Oc1ccccc1. The van der Waals surface area contributed by atoms with E-state index in [2.05, 4.69) is 15.2 Å². The van der Waals surface area contributed by atoms with Crippen molar-refractivity contribution in [1.29, 1.82) is 5.26 Å². The zero-order chi connectivity index (χ0) is 35.2. The first kappa shape index (κ1) is 36.3. The zero-order valence-corrected chi connectivity index (χ0v) is 28.3. The van der Waals surface area contributed by atoms with E-state index >= 15 is 0 Å². The smallest absolute Gasteiger partial charge is 0.459 e. The van der Waals surface area contributed by atoms with Gasteiger partial charge < -0.3 is 29.2 Å². The lowest BCUT2D eigenvalue weighted by Crippen LogP contribution is -2.50. The number of nitrogens with one attached hydrogen (secondary N) is 1. The average molecular weight is 687 g/mol. The highest BCUT2D eigenvalue weighted by Gasteiger charge is 2.62. The van der Waals surface area contributed by atoms with E-state index in [9.17, 15) is 24.2 Å². The Hall–Kier alpha value is -4.55. The predicted molar refractivity (Wildman–Crippen MR) is 169 cm³/mol. The summed E-state index contributed by atoms with van der Waals surface area (Å²) in [6.45, 7) is 8.60. The maximum absolute atomic E-state index is 14.3. The third-order valence-electron chi connectivity index (χ3n) is 7.23. The first-order chi connectivity index (χ1) is 22.7. The van der Waals surface area contributed by atoms with Crippen LogP contribution in [0.2, 0.25) is 0 Å². The van der Waals surface area contributed by atoms with Crippen LogP contribution in [0, 0.1) is 23.2 Å². The standard InChI is InChI=1S/C31H39N6O10P/c1-7-42-30(40)20(6)36-48(41,47-21-11-9-8-10-12-21)43-16-31(15-32)26(45-29(39)19(4)5)25(44-28(38)18(2)3)24(46-31)22-13-14-23-27(33)34-17-35-37(22)23/h8-14,17-20,24-26H,7,16H2,1-6H3,(H,36,41)(H2,33,34,35)/t20?,24-,25-,26-,31+,48+/m0/s1. The highest BCUT2D eigenvalue weighted by atomic mass is 31.2. The summed E-state index contributed by atoms with van der Waals surface area (Å²) < 4.78 is 50.3. The van der Waals surface area contributed by atoms with Crippen LogP contribution in [0.15, 0.2) is 48.8 Å². The van der Waals surface area contributed by atoms with Crippen molar-refractivity contribution < 1.29 is 46.9 Å². The van der Waals surface area contributed by atoms with Gasteiger partial charge in [0.05, 0.1) is 24.1 Å². The van der Waals surface area contributed by atoms with E-state index in [1.807, 2.05) is 6.07 Å². The molecule has 2 aromatic heterocycles. The van der Waals surface area contributed by atoms with E-state index in [0.717, 1.165) is 0 Å². The fourth-order valence-electron chi connectivity index (χ4n) is 4.71. The summed E-state index contributed by atoms with van der Waals surface area (Å²) in [5.74, 6) is -3.17. The van der Waals surface area contributed by atoms with Crippen LogP contribution in [0.25, 0.3) is 5.52 Å². The van der Waals surface area contributed by atoms with E-state index in [4.69, 9.17) is 33.7 Å². The minimum atomic E-state index is -4.52. The molecular weight excluding hydrogens is 647 g/mol. The normalized spacial score (nSPS) is 22.5. The molecule has 1 unspecified atom stereocenters. The topological polar surface area (TPSA) is 216 Å². The first-order valence-corrected chi connectivity index (χ1v) is 16.8. The van der Waals surface area contributed by atoms with Crippen molar-refractivity contribution in [2.75, 3.05) is 18.9 Å². The number of benzene rings is 1. The van der Waals surface area contributed by atoms with Gasteiger partial charge in [-0.3, -0.25) is 18.9 Å². The molecule has 48 heavy (non-hydrogen) atoms. The number of aromatic nitrogens is 3. The number of nitrogens with two attached hydrogens (primary N) is 1. The van der Waals surface area contributed by atoms with Gasteiger partial charge in [-0.2, -0.15) is 15.4 Å². The quantitative estimate of drug-likeness (QED) is 0.141. The summed E-state index contributed by atoms with van der Waals surface area (Å²) in [7, 11) is -4.52. The molecule has 0 radical (unpaired) electrons. The van der Waals surface area contributed by atoms with Crippen molar-refractivity contribution in [2.45, 2.75) is 71.5 Å². The van der Waals surface area contributed by atoms with E-state index < -0.39 is 74.1 Å². The monoisotopic (exact) mass is 686 g/mol. The summed E-state index contributed by atoms with van der Waals surface area (Å²) in [6, 6.07) is 12.0. The molecule has 3 aromatic rings. The summed E-state index contributed by atoms with van der Waals surface area (Å²) in [5, 5.41) is 17.5. The van der Waals surface area contributed by atoms with Gasteiger partial charge in [-0.05, 0) is 38.1 Å². The number of carbonyl (C=O) groups excluding carboxylic acids is 3. The number of rotatable bonds is 14. The molecule has 0 saturated carbocycles. The fraction of sp³-hybridized carbons (Fsp3) is 0.484. The number of para-hydroxylation sites is 1. The molecule has 16 nitrogen and oxygen atoms in total. The van der Waals surface area contributed by atoms with Crippen LogP contribution in [-0.2, 0) is 42.4 Å². The molecule has 258 valence electrons. The first-order valence-electron chi connectivity index (χ1n) is 15.3. The Kier molecular flexibility index (Phi) is 11.4. The molecule has 1 aromatic carbocycles. The number of carbonyl (C=O) groups is 3. The van der Waals surface area contributed by atoms with Crippen molar-refractivity contribution >= 4 is 37.0 Å². The summed E-state index contributed by atoms with van der Waals surface area (Å²) in [6.07, 6.45) is -3.09. The van der Waals surface area contributed by atoms with Crippen molar-refractivity contribution in [2.24, 2.45) is 11.8 Å². The van der Waals surface area contributed by atoms with Crippen LogP contribution in [0.3, 0.4) is 0 Å². The van der Waals surface area contributed by atoms with Gasteiger partial charge >= 0.3 is 25.7 Å². The number of fused-ring (bicyclic) bond motifs is 1. The minimum absolute atomic E-state index is 0.0622. The maximum Gasteiger partial charge on any atom is 0.459 e. The molecule has 1 aliphatic heterocycles. The summed E-state index contributed by atoms with van der Waals surface area (Å²) in [5.41, 5.74) is 4.47. The van der Waals surface area contributed by atoms with E-state index in [1.165, 1.54) is 29.9 Å². The van der Waals surface area contributed by atoms with Crippen molar-refractivity contribution in [3.63, 3.8) is 0 Å². The Morgan fingerprint density at radius 3 is 2.35 bits per heavy atom. The van der Waals surface area contributed by atoms with Gasteiger partial charge in [0.2, 0.25) is 5.60 Å². The van der Waals surface area contributed by atoms with E-state index in [0.29, 0.717) is 5.52 Å². The predicted octanol–water partition coefficient (Wildman–Crippen LogP) is 3.53. The highest BCUT2D eigenvalue weighted by molar-refractivity contribution is 7.52. The lowest BCUT2D eigenvalue weighted by Gasteiger charge is -2.31. The van der Waals surface area contributed by atoms with E-state index in [1.54, 1.807) is 65.0 Å². The number of nitriles is 1. The number of anilines is 1. The van der Waals surface area contributed by atoms with E-state index in [-0.39, 0.29) is 23.9 Å². The number of ether oxygens (including phenoxy) is 4. The molecule has 3 heterocycles. The van der Waals surface area contributed by atoms with Gasteiger partial charge in [0, 0.05) is 0 Å². The zero-order valence-electron chi connectivity index (χ0n) is 27.4. The van der Waals surface area contributed by atoms with Crippen molar-refractivity contribution in [1.82, 2.24) is 19.7 Å². The molecule has 1 aliphatic rings. The van der Waals surface area contributed by atoms with Gasteiger partial charge in [-0.15, -0.1) is 0 Å². The van der Waals surface area contributed by atoms with Gasteiger partial charge in [0.1, 0.15) is 42.4 Å². The second-order valence-electron chi connectivity index (χ2n) is 11.6. The van der Waals surface area contributed by atoms with Crippen molar-refractivity contribution in [3.05, 3.63) is 54.5 Å². The number of hydrogen-bond acceptors (Lipinski definition) is 14. The minimum Gasteiger partial charge on any atom is -0.465 e. The lowest BCUT2D eigenvalue weighted by molar-refractivity contribution is -0.173. The Labute approximate surface area is 277 Å². The number of nitrogen functional groups attached to an aromatic ring is 1. The maximum atomic E-state index is 14.3. The van der Waals surface area contributed by atoms with Crippen LogP contribution in [-0.4, -0.2) is 69.6 Å². The largest absolute Gasteiger partial charge is 0.465 e. The molecule has 3 N–H and O–H groups in total. The molecule has 1 fully saturated rings. The second-order valence-corrected chi connectivity index (χ2v) is 13.3. The summed E-state index contributed by atoms with van der Waals surface area (Å²) in [4.78, 5) is 42.6. The fourth-order valence-corrected chi connectivity index (χ4v) is 6.23. The van der Waals surface area contributed by atoms with Crippen LogP contribution in [0.1, 0.15) is 53.3 Å². The molecule has 0 spiro atoms. The van der Waals surface area contributed by atoms with Crippen molar-refractivity contribution in [3.8, 4) is 11.8 Å². The molecule has 0 amide bonds. The Balaban J connectivity index is 1.80. The molecule has 0 aliphatic carbocycles.